The second-order valence-electron chi connectivity index (χ2n) is 6.12. The summed E-state index contributed by atoms with van der Waals surface area (Å²) in [6.45, 7) is 10.3. The van der Waals surface area contributed by atoms with Crippen molar-refractivity contribution < 1.29 is 8.42 Å². The van der Waals surface area contributed by atoms with Gasteiger partial charge in [-0.3, -0.25) is 0 Å². The fraction of sp³-hybridized carbons (Fsp3) is 0.600. The number of benzene rings is 1. The maximum atomic E-state index is 12.7. The quantitative estimate of drug-likeness (QED) is 0.795. The molecule has 3 atom stereocenters. The Morgan fingerprint density at radius 1 is 0.947 bits per heavy atom. The van der Waals surface area contributed by atoms with E-state index in [1.807, 2.05) is 19.1 Å². The van der Waals surface area contributed by atoms with E-state index < -0.39 is 10.0 Å². The van der Waals surface area contributed by atoms with Gasteiger partial charge in [0, 0.05) is 12.1 Å². The number of hydrogen-bond donors (Lipinski definition) is 0. The molecule has 19 heavy (non-hydrogen) atoms. The molecular weight excluding hydrogens is 258 g/mol. The van der Waals surface area contributed by atoms with Crippen LogP contribution in [0.4, 0.5) is 0 Å². The van der Waals surface area contributed by atoms with Crippen molar-refractivity contribution in [3.63, 3.8) is 0 Å². The summed E-state index contributed by atoms with van der Waals surface area (Å²) in [5.74, 6) is 0.709. The topological polar surface area (TPSA) is 37.1 Å². The minimum absolute atomic E-state index is 0.145. The van der Waals surface area contributed by atoms with Crippen LogP contribution in [0.3, 0.4) is 0 Å². The van der Waals surface area contributed by atoms with Gasteiger partial charge in [-0.2, -0.15) is 4.31 Å². The molecule has 1 aliphatic heterocycles. The Bertz CT molecular complexity index is 532. The average molecular weight is 281 g/mol. The zero-order valence-corrected chi connectivity index (χ0v) is 13.1. The van der Waals surface area contributed by atoms with Crippen LogP contribution in [0.25, 0.3) is 0 Å². The van der Waals surface area contributed by atoms with Gasteiger partial charge in [-0.05, 0) is 30.9 Å². The second kappa shape index (κ2) is 4.91. The van der Waals surface area contributed by atoms with Crippen molar-refractivity contribution in [1.82, 2.24) is 4.31 Å². The zero-order chi connectivity index (χ0) is 14.4. The Hall–Kier alpha value is -0.870. The van der Waals surface area contributed by atoms with E-state index in [2.05, 4.69) is 27.7 Å². The second-order valence-corrected chi connectivity index (χ2v) is 7.96. The first-order valence-corrected chi connectivity index (χ1v) is 8.31. The van der Waals surface area contributed by atoms with E-state index in [0.717, 1.165) is 5.56 Å². The highest BCUT2D eigenvalue weighted by Crippen LogP contribution is 2.43. The van der Waals surface area contributed by atoms with E-state index in [1.54, 1.807) is 16.4 Å². The summed E-state index contributed by atoms with van der Waals surface area (Å²) in [5.41, 5.74) is 1.07. The Morgan fingerprint density at radius 3 is 1.74 bits per heavy atom. The molecule has 0 bridgehead atoms. The van der Waals surface area contributed by atoms with Crippen LogP contribution in [0.5, 0.6) is 0 Å². The van der Waals surface area contributed by atoms with Crippen molar-refractivity contribution in [2.75, 3.05) is 0 Å². The fourth-order valence-corrected chi connectivity index (χ4v) is 4.82. The van der Waals surface area contributed by atoms with Gasteiger partial charge in [0.05, 0.1) is 4.90 Å². The van der Waals surface area contributed by atoms with Crippen LogP contribution in [-0.2, 0) is 10.0 Å². The lowest BCUT2D eigenvalue weighted by Gasteiger charge is -2.09. The van der Waals surface area contributed by atoms with Crippen LogP contribution < -0.4 is 0 Å². The molecule has 3 nitrogen and oxygen atoms in total. The van der Waals surface area contributed by atoms with Gasteiger partial charge in [-0.15, -0.1) is 0 Å². The van der Waals surface area contributed by atoms with Gasteiger partial charge in [-0.25, -0.2) is 8.42 Å². The Labute approximate surface area is 116 Å². The third-order valence-electron chi connectivity index (χ3n) is 3.81. The Kier molecular flexibility index (Phi) is 3.76. The van der Waals surface area contributed by atoms with Gasteiger partial charge >= 0.3 is 0 Å². The van der Waals surface area contributed by atoms with Gasteiger partial charge in [0.2, 0.25) is 10.0 Å². The van der Waals surface area contributed by atoms with Gasteiger partial charge in [0.1, 0.15) is 0 Å². The molecule has 2 rings (SSSR count). The number of aryl methyl sites for hydroxylation is 1. The average Bonchev–Trinajstić information content (AvgIpc) is 3.05. The van der Waals surface area contributed by atoms with Crippen molar-refractivity contribution in [2.45, 2.75) is 51.6 Å². The van der Waals surface area contributed by atoms with E-state index >= 15 is 0 Å². The van der Waals surface area contributed by atoms with Crippen LogP contribution in [0.2, 0.25) is 0 Å². The standard InChI is InChI=1S/C15H23NO2S/c1-10(2)14-15(11(3)4)16(14)19(17,18)13-8-6-12(5)7-9-13/h6-11,14-15H,1-5H3/t14-,15+,16?. The molecule has 1 saturated heterocycles. The number of rotatable bonds is 4. The molecule has 0 aromatic heterocycles. The lowest BCUT2D eigenvalue weighted by Crippen LogP contribution is -2.18. The van der Waals surface area contributed by atoms with Crippen LogP contribution >= 0.6 is 0 Å². The summed E-state index contributed by atoms with van der Waals surface area (Å²) in [6.07, 6.45) is 0. The molecule has 0 aliphatic carbocycles. The molecule has 1 heterocycles. The third-order valence-corrected chi connectivity index (χ3v) is 5.72. The molecular formula is C15H23NO2S. The molecule has 1 aliphatic rings. The monoisotopic (exact) mass is 281 g/mol. The lowest BCUT2D eigenvalue weighted by molar-refractivity contribution is 0.509. The van der Waals surface area contributed by atoms with Gasteiger partial charge < -0.3 is 0 Å². The summed E-state index contributed by atoms with van der Waals surface area (Å²) >= 11 is 0. The largest absolute Gasteiger partial charge is 0.243 e. The molecule has 0 saturated carbocycles. The van der Waals surface area contributed by atoms with Crippen molar-refractivity contribution in [1.29, 1.82) is 0 Å². The van der Waals surface area contributed by atoms with E-state index in [1.165, 1.54) is 0 Å². The highest BCUT2D eigenvalue weighted by molar-refractivity contribution is 7.89. The minimum Gasteiger partial charge on any atom is -0.207 e. The molecule has 0 radical (unpaired) electrons. The van der Waals surface area contributed by atoms with Gasteiger partial charge in [-0.1, -0.05) is 45.4 Å². The Balaban J connectivity index is 2.33. The van der Waals surface area contributed by atoms with Crippen molar-refractivity contribution in [2.24, 2.45) is 11.8 Å². The van der Waals surface area contributed by atoms with Crippen LogP contribution in [-0.4, -0.2) is 24.8 Å². The van der Waals surface area contributed by atoms with E-state index in [0.29, 0.717) is 16.7 Å². The van der Waals surface area contributed by atoms with E-state index in [-0.39, 0.29) is 12.1 Å². The third kappa shape index (κ3) is 2.56. The highest BCUT2D eigenvalue weighted by atomic mass is 32.2. The summed E-state index contributed by atoms with van der Waals surface area (Å²) in [7, 11) is -3.34. The van der Waals surface area contributed by atoms with E-state index in [9.17, 15) is 8.42 Å². The smallest absolute Gasteiger partial charge is 0.207 e. The predicted molar refractivity (Wildman–Crippen MR) is 77.5 cm³/mol. The minimum atomic E-state index is -3.34. The first-order chi connectivity index (χ1) is 8.76. The normalized spacial score (nSPS) is 27.0. The lowest BCUT2D eigenvalue weighted by atomic mass is 10.0. The van der Waals surface area contributed by atoms with Gasteiger partial charge in [0.15, 0.2) is 0 Å². The number of sulfonamides is 1. The molecule has 1 unspecified atom stereocenters. The van der Waals surface area contributed by atoms with Gasteiger partial charge in [0.25, 0.3) is 0 Å². The summed E-state index contributed by atoms with van der Waals surface area (Å²) in [6, 6.07) is 7.41. The fourth-order valence-electron chi connectivity index (χ4n) is 2.78. The van der Waals surface area contributed by atoms with Crippen LogP contribution in [0.1, 0.15) is 33.3 Å². The predicted octanol–water partition coefficient (Wildman–Crippen LogP) is 3.05. The summed E-state index contributed by atoms with van der Waals surface area (Å²) < 4.78 is 27.0. The van der Waals surface area contributed by atoms with Crippen LogP contribution in [0.15, 0.2) is 29.2 Å². The first kappa shape index (κ1) is 14.5. The highest BCUT2D eigenvalue weighted by Gasteiger charge is 2.57. The summed E-state index contributed by atoms with van der Waals surface area (Å²) in [5, 5.41) is 0. The maximum Gasteiger partial charge on any atom is 0.243 e. The van der Waals surface area contributed by atoms with Crippen molar-refractivity contribution in [3.05, 3.63) is 29.8 Å². The SMILES string of the molecule is Cc1ccc(S(=O)(=O)N2[C@H](C(C)C)[C@@H]2C(C)C)cc1. The molecule has 106 valence electrons. The number of hydrogen-bond acceptors (Lipinski definition) is 2. The van der Waals surface area contributed by atoms with Crippen molar-refractivity contribution in [3.8, 4) is 0 Å². The summed E-state index contributed by atoms with van der Waals surface area (Å²) in [4.78, 5) is 0.409. The number of nitrogens with zero attached hydrogens (tertiary/aromatic N) is 1. The molecule has 4 heteroatoms. The van der Waals surface area contributed by atoms with E-state index in [4.69, 9.17) is 0 Å². The zero-order valence-electron chi connectivity index (χ0n) is 12.3. The molecule has 0 N–H and O–H groups in total. The maximum absolute atomic E-state index is 12.7. The molecule has 1 aromatic rings. The van der Waals surface area contributed by atoms with Crippen LogP contribution in [0, 0.1) is 18.8 Å². The molecule has 1 aromatic carbocycles. The van der Waals surface area contributed by atoms with Crippen molar-refractivity contribution >= 4 is 10.0 Å². The molecule has 0 amide bonds. The molecule has 0 spiro atoms. The Morgan fingerprint density at radius 2 is 1.37 bits per heavy atom. The molecule has 1 fully saturated rings. The first-order valence-electron chi connectivity index (χ1n) is 6.87.